The maximum atomic E-state index is 12.6. The van der Waals surface area contributed by atoms with E-state index in [-0.39, 0.29) is 11.8 Å². The van der Waals surface area contributed by atoms with E-state index in [0.717, 1.165) is 11.3 Å². The molecule has 0 radical (unpaired) electrons. The van der Waals surface area contributed by atoms with Crippen molar-refractivity contribution in [2.75, 3.05) is 7.11 Å². The number of hydrogen-bond donors (Lipinski definition) is 2. The Labute approximate surface area is 179 Å². The van der Waals surface area contributed by atoms with Gasteiger partial charge in [-0.15, -0.1) is 0 Å². The highest BCUT2D eigenvalue weighted by Crippen LogP contribution is 2.36. The zero-order valence-electron chi connectivity index (χ0n) is 17.0. The third-order valence-electron chi connectivity index (χ3n) is 5.03. The summed E-state index contributed by atoms with van der Waals surface area (Å²) in [6.07, 6.45) is 5.40. The Kier molecular flexibility index (Phi) is 5.79. The standard InChI is InChI=1S/C23H22N4O4/c1-30-18-6-8-20(9-7-18)31-19-4-2-16(3-5-19)12-26-22(29)23(10-11-23)27-21(28)17-13-24-15-25-14-17/h2-9,13-15H,10-12H2,1H3,(H,26,29)(H,27,28). The van der Waals surface area contributed by atoms with E-state index in [1.807, 2.05) is 48.5 Å². The molecule has 0 atom stereocenters. The van der Waals surface area contributed by atoms with E-state index in [2.05, 4.69) is 20.6 Å². The molecule has 0 bridgehead atoms. The van der Waals surface area contributed by atoms with Gasteiger partial charge in [-0.05, 0) is 54.8 Å². The van der Waals surface area contributed by atoms with Crippen LogP contribution in [0, 0.1) is 0 Å². The molecule has 0 spiro atoms. The Morgan fingerprint density at radius 1 is 0.935 bits per heavy atom. The van der Waals surface area contributed by atoms with Crippen LogP contribution in [0.1, 0.15) is 28.8 Å². The molecule has 1 heterocycles. The lowest BCUT2D eigenvalue weighted by atomic mass is 10.2. The van der Waals surface area contributed by atoms with Gasteiger partial charge >= 0.3 is 0 Å². The molecule has 2 amide bonds. The fourth-order valence-electron chi connectivity index (χ4n) is 3.05. The van der Waals surface area contributed by atoms with Gasteiger partial charge in [-0.25, -0.2) is 9.97 Å². The Hall–Kier alpha value is -3.94. The van der Waals surface area contributed by atoms with Crippen molar-refractivity contribution >= 4 is 11.8 Å². The second kappa shape index (κ2) is 8.83. The van der Waals surface area contributed by atoms with E-state index < -0.39 is 5.54 Å². The van der Waals surface area contributed by atoms with Crippen LogP contribution in [0.25, 0.3) is 0 Å². The maximum absolute atomic E-state index is 12.6. The summed E-state index contributed by atoms with van der Waals surface area (Å²) in [5.74, 6) is 1.61. The molecule has 1 saturated carbocycles. The predicted molar refractivity (Wildman–Crippen MR) is 113 cm³/mol. The fraction of sp³-hybridized carbons (Fsp3) is 0.217. The van der Waals surface area contributed by atoms with Gasteiger partial charge < -0.3 is 20.1 Å². The van der Waals surface area contributed by atoms with Gasteiger partial charge in [-0.1, -0.05) is 12.1 Å². The largest absolute Gasteiger partial charge is 0.497 e. The molecular weight excluding hydrogens is 396 g/mol. The highest BCUT2D eigenvalue weighted by molar-refractivity contribution is 6.00. The van der Waals surface area contributed by atoms with Crippen LogP contribution in [-0.4, -0.2) is 34.4 Å². The first kappa shape index (κ1) is 20.3. The number of aromatic nitrogens is 2. The normalized spacial score (nSPS) is 13.7. The summed E-state index contributed by atoms with van der Waals surface area (Å²) >= 11 is 0. The van der Waals surface area contributed by atoms with Crippen LogP contribution >= 0.6 is 0 Å². The molecule has 1 aromatic heterocycles. The van der Waals surface area contributed by atoms with E-state index in [4.69, 9.17) is 9.47 Å². The summed E-state index contributed by atoms with van der Waals surface area (Å²) in [5, 5.41) is 5.71. The molecule has 2 aromatic carbocycles. The van der Waals surface area contributed by atoms with E-state index >= 15 is 0 Å². The van der Waals surface area contributed by atoms with Crippen LogP contribution in [0.15, 0.2) is 67.3 Å². The molecule has 0 saturated heterocycles. The summed E-state index contributed by atoms with van der Waals surface area (Å²) in [6.45, 7) is 0.355. The second-order valence-electron chi connectivity index (χ2n) is 7.27. The first-order valence-corrected chi connectivity index (χ1v) is 9.85. The van der Waals surface area contributed by atoms with Gasteiger partial charge in [0.1, 0.15) is 29.1 Å². The number of nitrogens with zero attached hydrogens (tertiary/aromatic N) is 2. The number of carbonyl (C=O) groups is 2. The van der Waals surface area contributed by atoms with Crippen molar-refractivity contribution < 1.29 is 19.1 Å². The molecular formula is C23H22N4O4. The maximum Gasteiger partial charge on any atom is 0.255 e. The monoisotopic (exact) mass is 418 g/mol. The number of amides is 2. The van der Waals surface area contributed by atoms with E-state index in [1.54, 1.807) is 7.11 Å². The first-order valence-electron chi connectivity index (χ1n) is 9.85. The fourth-order valence-corrected chi connectivity index (χ4v) is 3.05. The molecule has 1 fully saturated rings. The lowest BCUT2D eigenvalue weighted by Crippen LogP contribution is -2.48. The third kappa shape index (κ3) is 4.98. The van der Waals surface area contributed by atoms with Gasteiger partial charge in [0.2, 0.25) is 5.91 Å². The second-order valence-corrected chi connectivity index (χ2v) is 7.27. The summed E-state index contributed by atoms with van der Waals surface area (Å²) in [5.41, 5.74) is 0.396. The Morgan fingerprint density at radius 3 is 2.10 bits per heavy atom. The topological polar surface area (TPSA) is 102 Å². The summed E-state index contributed by atoms with van der Waals surface area (Å²) < 4.78 is 10.9. The highest BCUT2D eigenvalue weighted by Gasteiger charge is 2.51. The minimum Gasteiger partial charge on any atom is -0.497 e. The number of carbonyl (C=O) groups excluding carboxylic acids is 2. The van der Waals surface area contributed by atoms with E-state index in [1.165, 1.54) is 18.7 Å². The van der Waals surface area contributed by atoms with E-state index in [0.29, 0.717) is 36.4 Å². The van der Waals surface area contributed by atoms with E-state index in [9.17, 15) is 9.59 Å². The molecule has 158 valence electrons. The minimum absolute atomic E-state index is 0.198. The Bertz CT molecular complexity index is 1050. The van der Waals surface area contributed by atoms with Crippen LogP contribution < -0.4 is 20.1 Å². The van der Waals surface area contributed by atoms with Gasteiger partial charge in [0, 0.05) is 18.9 Å². The average molecular weight is 418 g/mol. The Morgan fingerprint density at radius 2 is 1.52 bits per heavy atom. The molecule has 1 aliphatic carbocycles. The average Bonchev–Trinajstić information content (AvgIpc) is 3.60. The molecule has 0 unspecified atom stereocenters. The predicted octanol–water partition coefficient (Wildman–Crippen LogP) is 2.86. The minimum atomic E-state index is -0.857. The third-order valence-corrected chi connectivity index (χ3v) is 5.03. The number of ether oxygens (including phenoxy) is 2. The van der Waals surface area contributed by atoms with Crippen molar-refractivity contribution in [3.63, 3.8) is 0 Å². The van der Waals surface area contributed by atoms with Crippen molar-refractivity contribution in [3.05, 3.63) is 78.4 Å². The summed E-state index contributed by atoms with van der Waals surface area (Å²) in [4.78, 5) is 32.6. The van der Waals surface area contributed by atoms with Crippen LogP contribution in [0.4, 0.5) is 0 Å². The van der Waals surface area contributed by atoms with Crippen molar-refractivity contribution in [1.29, 1.82) is 0 Å². The number of methoxy groups -OCH3 is 1. The van der Waals surface area contributed by atoms with Gasteiger partial charge in [0.15, 0.2) is 0 Å². The van der Waals surface area contributed by atoms with Gasteiger partial charge in [-0.3, -0.25) is 9.59 Å². The summed E-state index contributed by atoms with van der Waals surface area (Å²) in [7, 11) is 1.62. The molecule has 4 rings (SSSR count). The molecule has 31 heavy (non-hydrogen) atoms. The lowest BCUT2D eigenvalue weighted by Gasteiger charge is -2.17. The van der Waals surface area contributed by atoms with Crippen molar-refractivity contribution in [2.24, 2.45) is 0 Å². The number of benzene rings is 2. The van der Waals surface area contributed by atoms with Crippen molar-refractivity contribution in [1.82, 2.24) is 20.6 Å². The molecule has 0 aliphatic heterocycles. The van der Waals surface area contributed by atoms with Crippen LogP contribution in [0.2, 0.25) is 0 Å². The summed E-state index contributed by atoms with van der Waals surface area (Å²) in [6, 6.07) is 14.8. The van der Waals surface area contributed by atoms with Crippen molar-refractivity contribution in [2.45, 2.75) is 24.9 Å². The van der Waals surface area contributed by atoms with Crippen LogP contribution in [0.3, 0.4) is 0 Å². The van der Waals surface area contributed by atoms with Gasteiger partial charge in [-0.2, -0.15) is 0 Å². The van der Waals surface area contributed by atoms with Gasteiger partial charge in [0.25, 0.3) is 5.91 Å². The molecule has 8 nitrogen and oxygen atoms in total. The quantitative estimate of drug-likeness (QED) is 0.583. The number of hydrogen-bond acceptors (Lipinski definition) is 6. The zero-order chi connectivity index (χ0) is 21.7. The zero-order valence-corrected chi connectivity index (χ0v) is 17.0. The molecule has 3 aromatic rings. The van der Waals surface area contributed by atoms with Crippen LogP contribution in [-0.2, 0) is 11.3 Å². The smallest absolute Gasteiger partial charge is 0.255 e. The highest BCUT2D eigenvalue weighted by atomic mass is 16.5. The van der Waals surface area contributed by atoms with Crippen molar-refractivity contribution in [3.8, 4) is 17.2 Å². The lowest BCUT2D eigenvalue weighted by molar-refractivity contribution is -0.124. The van der Waals surface area contributed by atoms with Crippen LogP contribution in [0.5, 0.6) is 17.2 Å². The Balaban J connectivity index is 1.29. The molecule has 1 aliphatic rings. The molecule has 2 N–H and O–H groups in total. The number of rotatable bonds is 8. The number of nitrogens with one attached hydrogen (secondary N) is 2. The molecule has 8 heteroatoms. The first-order chi connectivity index (χ1) is 15.1. The SMILES string of the molecule is COc1ccc(Oc2ccc(CNC(=O)C3(NC(=O)c4cncnc4)CC3)cc2)cc1. The van der Waals surface area contributed by atoms with Gasteiger partial charge in [0.05, 0.1) is 12.7 Å².